The predicted molar refractivity (Wildman–Crippen MR) is 134 cm³/mol. The van der Waals surface area contributed by atoms with Crippen molar-refractivity contribution in [2.45, 2.75) is 78.1 Å². The third-order valence-corrected chi connectivity index (χ3v) is 6.05. The van der Waals surface area contributed by atoms with Crippen molar-refractivity contribution in [1.82, 2.24) is 4.90 Å². The first-order valence-corrected chi connectivity index (χ1v) is 12.9. The molecule has 0 aliphatic heterocycles. The summed E-state index contributed by atoms with van der Waals surface area (Å²) in [6, 6.07) is 7.01. The van der Waals surface area contributed by atoms with Crippen LogP contribution in [0.15, 0.2) is 47.5 Å². The fourth-order valence-corrected chi connectivity index (χ4v) is 3.90. The topological polar surface area (TPSA) is 55.8 Å². The highest BCUT2D eigenvalue weighted by Crippen LogP contribution is 2.20. The monoisotopic (exact) mass is 463 g/mol. The number of hydrogen-bond acceptors (Lipinski definition) is 5. The van der Waals surface area contributed by atoms with Gasteiger partial charge in [-0.1, -0.05) is 64.7 Å². The van der Waals surface area contributed by atoms with E-state index >= 15 is 0 Å². The molecule has 1 unspecified atom stereocenters. The van der Waals surface area contributed by atoms with Crippen molar-refractivity contribution in [2.24, 2.45) is 0 Å². The molecule has 1 atom stereocenters. The van der Waals surface area contributed by atoms with Gasteiger partial charge in [-0.3, -0.25) is 4.79 Å². The first kappa shape index (κ1) is 28.0. The Balaban J connectivity index is 2.30. The molecule has 5 nitrogen and oxygen atoms in total. The molecule has 0 aromatic heterocycles. The van der Waals surface area contributed by atoms with Gasteiger partial charge in [0.25, 0.3) is 0 Å². The molecule has 6 heteroatoms. The summed E-state index contributed by atoms with van der Waals surface area (Å²) in [6.07, 6.45) is 17.9. The summed E-state index contributed by atoms with van der Waals surface area (Å²) in [4.78, 5) is 13.7. The second kappa shape index (κ2) is 17.5. The maximum absolute atomic E-state index is 12.4. The lowest BCUT2D eigenvalue weighted by Gasteiger charge is -2.09. The van der Waals surface area contributed by atoms with Crippen LogP contribution in [0.4, 0.5) is 0 Å². The Labute approximate surface area is 197 Å². The molecule has 0 saturated heterocycles. The Morgan fingerprint density at radius 2 is 1.44 bits per heavy atom. The standard InChI is InChI=1S/C26H41NO4S/c1-5-6-7-8-9-10-11-12-13-14-22-30-24-17-19-25(20-18-24)31-32(29)26(23(2)28)16-15-21-27(3)4/h15-21H,5-14,22H2,1-4H3/b21-15+,26-16-. The molecule has 0 aliphatic carbocycles. The third kappa shape index (κ3) is 13.4. The van der Waals surface area contributed by atoms with Gasteiger partial charge in [-0.15, -0.1) is 0 Å². The van der Waals surface area contributed by atoms with Crippen LogP contribution in [-0.4, -0.2) is 35.6 Å². The van der Waals surface area contributed by atoms with Crippen LogP contribution in [0.3, 0.4) is 0 Å². The average molecular weight is 464 g/mol. The highest BCUT2D eigenvalue weighted by atomic mass is 32.2. The molecular formula is C26H41NO4S. The number of rotatable bonds is 18. The van der Waals surface area contributed by atoms with Crippen LogP contribution in [0.1, 0.15) is 78.1 Å². The Bertz CT molecular complexity index is 726. The highest BCUT2D eigenvalue weighted by Gasteiger charge is 2.14. The van der Waals surface area contributed by atoms with Crippen LogP contribution in [-0.2, 0) is 15.9 Å². The van der Waals surface area contributed by atoms with Gasteiger partial charge in [0, 0.05) is 14.1 Å². The molecule has 0 aliphatic rings. The summed E-state index contributed by atoms with van der Waals surface area (Å²) < 4.78 is 23.7. The fraction of sp³-hybridized carbons (Fsp3) is 0.577. The molecule has 180 valence electrons. The molecule has 0 radical (unpaired) electrons. The van der Waals surface area contributed by atoms with Crippen LogP contribution in [0.2, 0.25) is 0 Å². The molecule has 0 heterocycles. The second-order valence-electron chi connectivity index (χ2n) is 8.21. The van der Waals surface area contributed by atoms with Gasteiger partial charge in [0.15, 0.2) is 5.78 Å². The summed E-state index contributed by atoms with van der Waals surface area (Å²) in [5.41, 5.74) is 0. The van der Waals surface area contributed by atoms with Gasteiger partial charge < -0.3 is 13.8 Å². The van der Waals surface area contributed by atoms with E-state index in [2.05, 4.69) is 6.92 Å². The van der Waals surface area contributed by atoms with E-state index in [1.165, 1.54) is 70.8 Å². The molecule has 0 saturated carbocycles. The molecule has 0 bridgehead atoms. The Hall–Kier alpha value is -2.08. The van der Waals surface area contributed by atoms with Crippen molar-refractivity contribution < 1.29 is 17.9 Å². The van der Waals surface area contributed by atoms with E-state index in [4.69, 9.17) is 8.92 Å². The lowest BCUT2D eigenvalue weighted by atomic mass is 10.1. The number of ether oxygens (including phenoxy) is 1. The number of Topliss-reactive ketones (excluding diaryl/α,β-unsaturated/α-hetero) is 1. The van der Waals surface area contributed by atoms with Crippen LogP contribution in [0.25, 0.3) is 0 Å². The van der Waals surface area contributed by atoms with E-state index in [0.717, 1.165) is 12.2 Å². The normalized spacial score (nSPS) is 12.7. The number of allylic oxidation sites excluding steroid dienone is 3. The minimum Gasteiger partial charge on any atom is -0.494 e. The van der Waals surface area contributed by atoms with Gasteiger partial charge >= 0.3 is 0 Å². The number of carbonyl (C=O) groups is 1. The lowest BCUT2D eigenvalue weighted by molar-refractivity contribution is -0.113. The van der Waals surface area contributed by atoms with Gasteiger partial charge in [-0.05, 0) is 56.0 Å². The van der Waals surface area contributed by atoms with Crippen LogP contribution < -0.4 is 8.92 Å². The molecule has 32 heavy (non-hydrogen) atoms. The quantitative estimate of drug-likeness (QED) is 0.140. The van der Waals surface area contributed by atoms with Crippen molar-refractivity contribution >= 4 is 16.9 Å². The molecule has 1 rings (SSSR count). The molecule has 0 amide bonds. The average Bonchev–Trinajstić information content (AvgIpc) is 2.75. The smallest absolute Gasteiger partial charge is 0.244 e. The highest BCUT2D eigenvalue weighted by molar-refractivity contribution is 7.85. The van der Waals surface area contributed by atoms with Crippen molar-refractivity contribution in [2.75, 3.05) is 20.7 Å². The zero-order valence-corrected chi connectivity index (χ0v) is 21.1. The third-order valence-electron chi connectivity index (χ3n) is 4.92. The maximum Gasteiger partial charge on any atom is 0.244 e. The van der Waals surface area contributed by atoms with Gasteiger partial charge in [0.2, 0.25) is 11.1 Å². The summed E-state index contributed by atoms with van der Waals surface area (Å²) >= 11 is -1.87. The summed E-state index contributed by atoms with van der Waals surface area (Å²) in [7, 11) is 3.73. The SMILES string of the molecule is CCCCCCCCCCCCOc1ccc(OS(=O)/C(=C\C=C\N(C)C)C(C)=O)cc1. The van der Waals surface area contributed by atoms with Crippen LogP contribution in [0, 0.1) is 0 Å². The Morgan fingerprint density at radius 3 is 1.97 bits per heavy atom. The minimum absolute atomic E-state index is 0.115. The zero-order valence-electron chi connectivity index (χ0n) is 20.3. The lowest BCUT2D eigenvalue weighted by Crippen LogP contribution is -2.10. The van der Waals surface area contributed by atoms with Crippen molar-refractivity contribution in [3.8, 4) is 11.5 Å². The number of hydrogen-bond donors (Lipinski definition) is 0. The summed E-state index contributed by atoms with van der Waals surface area (Å²) in [5, 5.41) is 0. The zero-order chi connectivity index (χ0) is 23.6. The first-order chi connectivity index (χ1) is 15.4. The van der Waals surface area contributed by atoms with Crippen molar-refractivity contribution in [1.29, 1.82) is 0 Å². The summed E-state index contributed by atoms with van der Waals surface area (Å²) in [6.45, 7) is 4.32. The second-order valence-corrected chi connectivity index (χ2v) is 9.29. The van der Waals surface area contributed by atoms with E-state index in [-0.39, 0.29) is 10.7 Å². The number of unbranched alkanes of at least 4 members (excludes halogenated alkanes) is 9. The van der Waals surface area contributed by atoms with Gasteiger partial charge in [0.1, 0.15) is 16.4 Å². The number of benzene rings is 1. The van der Waals surface area contributed by atoms with Crippen molar-refractivity contribution in [3.05, 3.63) is 47.5 Å². The van der Waals surface area contributed by atoms with E-state index in [9.17, 15) is 9.00 Å². The number of nitrogens with zero attached hydrogens (tertiary/aromatic N) is 1. The van der Waals surface area contributed by atoms with Gasteiger partial charge in [-0.25, -0.2) is 4.21 Å². The summed E-state index contributed by atoms with van der Waals surface area (Å²) in [5.74, 6) is 0.900. The van der Waals surface area contributed by atoms with E-state index in [1.807, 2.05) is 19.0 Å². The Morgan fingerprint density at radius 1 is 0.906 bits per heavy atom. The van der Waals surface area contributed by atoms with E-state index < -0.39 is 11.1 Å². The van der Waals surface area contributed by atoms with E-state index in [1.54, 1.807) is 36.5 Å². The largest absolute Gasteiger partial charge is 0.494 e. The van der Waals surface area contributed by atoms with Crippen molar-refractivity contribution in [3.63, 3.8) is 0 Å². The molecular weight excluding hydrogens is 422 g/mol. The predicted octanol–water partition coefficient (Wildman–Crippen LogP) is 6.58. The number of carbonyl (C=O) groups excluding carboxylic acids is 1. The maximum atomic E-state index is 12.4. The van der Waals surface area contributed by atoms with Crippen LogP contribution in [0.5, 0.6) is 11.5 Å². The van der Waals surface area contributed by atoms with E-state index in [0.29, 0.717) is 12.4 Å². The van der Waals surface area contributed by atoms with Gasteiger partial charge in [-0.2, -0.15) is 0 Å². The molecule has 0 N–H and O–H groups in total. The van der Waals surface area contributed by atoms with Crippen LogP contribution >= 0.6 is 0 Å². The molecule has 1 aromatic rings. The Kier molecular flexibility index (Phi) is 15.3. The molecule has 1 aromatic carbocycles. The number of ketones is 1. The molecule has 0 spiro atoms. The van der Waals surface area contributed by atoms with Gasteiger partial charge in [0.05, 0.1) is 6.61 Å². The minimum atomic E-state index is -1.87. The molecule has 0 fully saturated rings. The fourth-order valence-electron chi connectivity index (χ4n) is 3.10. The first-order valence-electron chi connectivity index (χ1n) is 11.8.